The number of carbonyl (C=O) groups excluding carboxylic acids is 2. The lowest BCUT2D eigenvalue weighted by Crippen LogP contribution is -2.29. The van der Waals surface area contributed by atoms with Crippen LogP contribution >= 0.6 is 0 Å². The van der Waals surface area contributed by atoms with Crippen molar-refractivity contribution in [3.8, 4) is 11.8 Å². The minimum atomic E-state index is -0.407. The highest BCUT2D eigenvalue weighted by Crippen LogP contribution is 2.26. The SMILES string of the molecule is COc1ccc(C(=O)/C=C2/C(=O)NC(N3CCCC3)=C2C#N)cc1. The molecule has 3 rings (SSSR count). The number of rotatable bonds is 4. The van der Waals surface area contributed by atoms with Crippen molar-refractivity contribution >= 4 is 11.7 Å². The topological polar surface area (TPSA) is 82.4 Å². The van der Waals surface area contributed by atoms with Gasteiger partial charge < -0.3 is 15.0 Å². The summed E-state index contributed by atoms with van der Waals surface area (Å²) in [5, 5.41) is 12.2. The lowest BCUT2D eigenvalue weighted by Gasteiger charge is -2.18. The zero-order valence-electron chi connectivity index (χ0n) is 13.3. The molecule has 122 valence electrons. The number of amides is 1. The van der Waals surface area contributed by atoms with Crippen LogP contribution in [0.5, 0.6) is 5.75 Å². The van der Waals surface area contributed by atoms with E-state index in [1.807, 2.05) is 4.90 Å². The first-order chi connectivity index (χ1) is 11.6. The van der Waals surface area contributed by atoms with Crippen LogP contribution in [0.15, 0.2) is 47.3 Å². The normalized spacial score (nSPS) is 18.8. The van der Waals surface area contributed by atoms with Gasteiger partial charge in [0.05, 0.1) is 12.7 Å². The molecule has 0 aromatic heterocycles. The molecule has 2 aliphatic heterocycles. The van der Waals surface area contributed by atoms with Crippen LogP contribution in [0, 0.1) is 11.3 Å². The van der Waals surface area contributed by atoms with Crippen molar-refractivity contribution in [2.24, 2.45) is 0 Å². The highest BCUT2D eigenvalue weighted by molar-refractivity contribution is 6.13. The number of ether oxygens (including phenoxy) is 1. The average Bonchev–Trinajstić information content (AvgIpc) is 3.23. The molecule has 1 N–H and O–H groups in total. The molecule has 0 saturated carbocycles. The number of allylic oxidation sites excluding steroid dienone is 1. The van der Waals surface area contributed by atoms with Crippen molar-refractivity contribution in [1.82, 2.24) is 10.2 Å². The summed E-state index contributed by atoms with van der Waals surface area (Å²) in [6.45, 7) is 1.61. The number of methoxy groups -OCH3 is 1. The predicted molar refractivity (Wildman–Crippen MR) is 87.0 cm³/mol. The van der Waals surface area contributed by atoms with Crippen LogP contribution in [-0.2, 0) is 4.79 Å². The van der Waals surface area contributed by atoms with Gasteiger partial charge in [0.1, 0.15) is 23.2 Å². The van der Waals surface area contributed by atoms with E-state index < -0.39 is 5.91 Å². The minimum absolute atomic E-state index is 0.125. The highest BCUT2D eigenvalue weighted by atomic mass is 16.5. The molecular weight excluding hydrogens is 306 g/mol. The zero-order chi connectivity index (χ0) is 17.1. The molecule has 6 nitrogen and oxygen atoms in total. The standard InChI is InChI=1S/C18H17N3O3/c1-24-13-6-4-12(5-7-13)16(22)10-14-15(11-19)17(20-18(14)23)21-8-2-3-9-21/h4-7,10H,2-3,8-9H2,1H3,(H,20,23)/b14-10+. The van der Waals surface area contributed by atoms with Gasteiger partial charge in [-0.15, -0.1) is 0 Å². The Morgan fingerprint density at radius 3 is 2.54 bits per heavy atom. The van der Waals surface area contributed by atoms with Crippen LogP contribution in [0.3, 0.4) is 0 Å². The van der Waals surface area contributed by atoms with E-state index in [1.54, 1.807) is 31.4 Å². The van der Waals surface area contributed by atoms with Crippen LogP contribution in [-0.4, -0.2) is 36.8 Å². The molecule has 6 heteroatoms. The van der Waals surface area contributed by atoms with Gasteiger partial charge in [0.2, 0.25) is 0 Å². The summed E-state index contributed by atoms with van der Waals surface area (Å²) in [6.07, 6.45) is 3.29. The first-order valence-corrected chi connectivity index (χ1v) is 7.75. The molecule has 1 aromatic rings. The molecule has 0 atom stereocenters. The number of nitriles is 1. The fourth-order valence-electron chi connectivity index (χ4n) is 2.88. The number of hydrogen-bond acceptors (Lipinski definition) is 5. The Hall–Kier alpha value is -3.07. The van der Waals surface area contributed by atoms with Gasteiger partial charge in [-0.25, -0.2) is 0 Å². The Morgan fingerprint density at radius 2 is 1.96 bits per heavy atom. The second kappa shape index (κ2) is 6.59. The molecule has 0 unspecified atom stereocenters. The van der Waals surface area contributed by atoms with Gasteiger partial charge in [-0.05, 0) is 37.1 Å². The number of nitrogens with one attached hydrogen (secondary N) is 1. The monoisotopic (exact) mass is 323 g/mol. The quantitative estimate of drug-likeness (QED) is 0.674. The van der Waals surface area contributed by atoms with Gasteiger partial charge in [-0.3, -0.25) is 9.59 Å². The van der Waals surface area contributed by atoms with Crippen molar-refractivity contribution < 1.29 is 14.3 Å². The second-order valence-electron chi connectivity index (χ2n) is 5.63. The number of nitrogens with zero attached hydrogens (tertiary/aromatic N) is 2. The van der Waals surface area contributed by atoms with E-state index in [4.69, 9.17) is 4.74 Å². The molecule has 1 saturated heterocycles. The molecule has 2 aliphatic rings. The van der Waals surface area contributed by atoms with Gasteiger partial charge in [0, 0.05) is 24.7 Å². The summed E-state index contributed by atoms with van der Waals surface area (Å²) < 4.78 is 5.06. The van der Waals surface area contributed by atoms with E-state index >= 15 is 0 Å². The Morgan fingerprint density at radius 1 is 1.29 bits per heavy atom. The average molecular weight is 323 g/mol. The fraction of sp³-hybridized carbons (Fsp3) is 0.278. The summed E-state index contributed by atoms with van der Waals surface area (Å²) in [7, 11) is 1.55. The highest BCUT2D eigenvalue weighted by Gasteiger charge is 2.32. The number of carbonyl (C=O) groups is 2. The van der Waals surface area contributed by atoms with Gasteiger partial charge in [0.25, 0.3) is 5.91 Å². The van der Waals surface area contributed by atoms with Crippen molar-refractivity contribution in [3.05, 3.63) is 52.9 Å². The van der Waals surface area contributed by atoms with Crippen molar-refractivity contribution in [1.29, 1.82) is 5.26 Å². The van der Waals surface area contributed by atoms with Crippen molar-refractivity contribution in [2.45, 2.75) is 12.8 Å². The van der Waals surface area contributed by atoms with E-state index in [9.17, 15) is 14.9 Å². The maximum Gasteiger partial charge on any atom is 0.258 e. The predicted octanol–water partition coefficient (Wildman–Crippen LogP) is 1.77. The smallest absolute Gasteiger partial charge is 0.258 e. The van der Waals surface area contributed by atoms with E-state index in [0.29, 0.717) is 17.1 Å². The van der Waals surface area contributed by atoms with E-state index in [2.05, 4.69) is 11.4 Å². The lowest BCUT2D eigenvalue weighted by atomic mass is 10.0. The Balaban J connectivity index is 1.91. The summed E-state index contributed by atoms with van der Waals surface area (Å²) >= 11 is 0. The van der Waals surface area contributed by atoms with Gasteiger partial charge in [-0.2, -0.15) is 5.26 Å². The molecule has 1 fully saturated rings. The molecule has 0 aliphatic carbocycles. The summed E-state index contributed by atoms with van der Waals surface area (Å²) in [6, 6.07) is 8.67. The molecule has 2 heterocycles. The lowest BCUT2D eigenvalue weighted by molar-refractivity contribution is -0.116. The summed E-state index contributed by atoms with van der Waals surface area (Å²) in [4.78, 5) is 26.6. The zero-order valence-corrected chi connectivity index (χ0v) is 13.3. The molecule has 1 aromatic carbocycles. The molecule has 1 amide bonds. The third kappa shape index (κ3) is 2.88. The van der Waals surface area contributed by atoms with Gasteiger partial charge in [-0.1, -0.05) is 0 Å². The van der Waals surface area contributed by atoms with E-state index in [0.717, 1.165) is 25.9 Å². The molecule has 0 radical (unpaired) electrons. The van der Waals surface area contributed by atoms with Gasteiger partial charge in [0.15, 0.2) is 5.78 Å². The molecular formula is C18H17N3O3. The van der Waals surface area contributed by atoms with Crippen LogP contribution in [0.4, 0.5) is 0 Å². The summed E-state index contributed by atoms with van der Waals surface area (Å²) in [5.74, 6) is 0.439. The molecule has 24 heavy (non-hydrogen) atoms. The third-order valence-corrected chi connectivity index (χ3v) is 4.17. The van der Waals surface area contributed by atoms with Crippen LogP contribution < -0.4 is 10.1 Å². The number of likely N-dealkylation sites (tertiary alicyclic amines) is 1. The van der Waals surface area contributed by atoms with E-state index in [1.165, 1.54) is 6.08 Å². The Bertz CT molecular complexity index is 779. The van der Waals surface area contributed by atoms with Crippen LogP contribution in [0.2, 0.25) is 0 Å². The third-order valence-electron chi connectivity index (χ3n) is 4.17. The van der Waals surface area contributed by atoms with Crippen LogP contribution in [0.25, 0.3) is 0 Å². The largest absolute Gasteiger partial charge is 0.497 e. The Kier molecular flexibility index (Phi) is 4.34. The van der Waals surface area contributed by atoms with Gasteiger partial charge >= 0.3 is 0 Å². The minimum Gasteiger partial charge on any atom is -0.497 e. The number of benzene rings is 1. The van der Waals surface area contributed by atoms with Crippen molar-refractivity contribution in [3.63, 3.8) is 0 Å². The molecule has 0 bridgehead atoms. The number of ketones is 1. The summed E-state index contributed by atoms with van der Waals surface area (Å²) in [5.41, 5.74) is 0.798. The first-order valence-electron chi connectivity index (χ1n) is 7.75. The maximum absolute atomic E-state index is 12.4. The first kappa shape index (κ1) is 15.8. The van der Waals surface area contributed by atoms with Crippen molar-refractivity contribution in [2.75, 3.05) is 20.2 Å². The maximum atomic E-state index is 12.4. The van der Waals surface area contributed by atoms with Crippen LogP contribution in [0.1, 0.15) is 23.2 Å². The molecule has 0 spiro atoms. The fourth-order valence-corrected chi connectivity index (χ4v) is 2.88. The van der Waals surface area contributed by atoms with E-state index in [-0.39, 0.29) is 16.9 Å². The number of hydrogen-bond donors (Lipinski definition) is 1. The Labute approximate surface area is 140 Å². The second-order valence-corrected chi connectivity index (χ2v) is 5.63.